The molecule has 0 aromatic carbocycles. The van der Waals surface area contributed by atoms with Crippen molar-refractivity contribution in [3.63, 3.8) is 0 Å². The van der Waals surface area contributed by atoms with Gasteiger partial charge in [0.05, 0.1) is 45.2 Å². The smallest absolute Gasteiger partial charge is 0.593 e. The second-order valence-electron chi connectivity index (χ2n) is 18.1. The number of hydrogen-bond donors (Lipinski definition) is 5. The van der Waals surface area contributed by atoms with Crippen LogP contribution in [0.25, 0.3) is 0 Å². The summed E-state index contributed by atoms with van der Waals surface area (Å²) in [6.45, 7) is 24.8. The van der Waals surface area contributed by atoms with Gasteiger partial charge in [0.1, 0.15) is 89.4 Å². The van der Waals surface area contributed by atoms with Crippen molar-refractivity contribution in [2.45, 2.75) is 81.1 Å². The van der Waals surface area contributed by atoms with Crippen LogP contribution in [0, 0.1) is 11.8 Å². The van der Waals surface area contributed by atoms with E-state index in [1.54, 1.807) is 26.2 Å². The van der Waals surface area contributed by atoms with E-state index in [1.165, 1.54) is 18.6 Å². The summed E-state index contributed by atoms with van der Waals surface area (Å²) in [7, 11) is -4.03. The SMILES string of the molecule is C.C.C.C=O.C=[O+]C.C=[O+][B-](F)(F)F.C=[O+][B-](F)(F)F.FB(F)F.FB(F)F.FB(F)F.OC/C=C(/CCO)CP[B]I.OC/C=C(/CC[OH+][B-](F)(F)F)CP[B]I.[B]P(I)CC(=C)C.[B]P(I)CC(=C)CCO.[B]P(I)CC(=C)CC[OH+][B-](F)(F)F.[B]P(I)C[C+](C)CCO[B-](F)(F)F.[B]P(I)C[C+](CCO)CCOC. The van der Waals surface area contributed by atoms with Crippen LogP contribution in [0.4, 0.5) is 104 Å². The van der Waals surface area contributed by atoms with Gasteiger partial charge in [0.25, 0.3) is 13.9 Å². The van der Waals surface area contributed by atoms with E-state index in [1.807, 2.05) is 18.6 Å². The van der Waals surface area contributed by atoms with Crippen molar-refractivity contribution in [2.75, 3.05) is 117 Å². The lowest BCUT2D eigenvalue weighted by atomic mass is 10.1. The molecule has 0 aliphatic rings. The van der Waals surface area contributed by atoms with Crippen molar-refractivity contribution in [1.82, 2.24) is 0 Å². The van der Waals surface area contributed by atoms with Gasteiger partial charge in [-0.15, -0.1) is 16.9 Å². The molecule has 0 bridgehead atoms. The fraction of sp³-hybridized carbons (Fsp3) is 0.652. The largest absolute Gasteiger partial charge is 0.970 e. The monoisotopic (exact) mass is 2580 g/mol. The Hall–Kier alpha value is 4.17. The number of ether oxygens (including phenoxy) is 1. The summed E-state index contributed by atoms with van der Waals surface area (Å²) in [6.07, 6.45) is 13.1. The second kappa shape index (κ2) is 113. The number of methoxy groups -OCH3 is 1. The van der Waals surface area contributed by atoms with E-state index in [4.69, 9.17) is 72.9 Å². The van der Waals surface area contributed by atoms with Gasteiger partial charge in [-0.2, -0.15) is 44.7 Å². The van der Waals surface area contributed by atoms with Crippen LogP contribution in [0.15, 0.2) is 59.8 Å². The molecule has 652 valence electrons. The molecule has 66 heteroatoms. The number of halogens is 31. The molecule has 0 saturated heterocycles. The summed E-state index contributed by atoms with van der Waals surface area (Å²) in [5.74, 6) is 2.28. The molecule has 112 heavy (non-hydrogen) atoms. The average molecular weight is 2580 g/mol. The summed E-state index contributed by atoms with van der Waals surface area (Å²) in [4.78, 5) is 12.0. The number of aliphatic hydroxyl groups is 7. The van der Waals surface area contributed by atoms with Crippen molar-refractivity contribution in [3.8, 4) is 0 Å². The van der Waals surface area contributed by atoms with Crippen molar-refractivity contribution >= 4 is 332 Å². The maximum atomic E-state index is 11.8. The lowest BCUT2D eigenvalue weighted by Crippen LogP contribution is -2.26. The molecule has 0 fully saturated rings. The molecule has 0 rings (SSSR count). The van der Waals surface area contributed by atoms with Crippen LogP contribution >= 0.6 is 199 Å². The van der Waals surface area contributed by atoms with E-state index in [-0.39, 0.29) is 93.4 Å². The standard InChI is InChI=1S/C7H14BIO2P.C6H12B2F3IO2P.C6H12BIO2P.2C5H9B2F3IOP.C5H9BIOP.C4H7BIP.C2H5O.2CH2BF3O.CH2O.3CH4.3BF3/c1-11-5-3-7(2-4-10)6-12(8)9;9-8(10,11)14-4-2-6(1-3-13)5-15-7-12;8-7-11-5-6(1-3-9)2-4-10;2*1-5(4-13(6)11)2-3-12-7(8,9)10;1-5(2-3-8)4-9(6)7;1-4(2)3-7(5)6;1-3-2;2*1-6-2(3,4)5;1-2;;;;3*2-1(3)4/h10H,2-6H2,1H3;1,13-15H,2-5H2;1,9-11H,2-5H2;2-4H2,1H3;12H,1-4H2;8H,1-4H2;1,3H2,2H3;1H2,2H3;2*1H2;1H2;3*1H4;;;/q+1;;;;;;;+1;;;;;;;;;/b;2*6-1-;;;;;;;;;;;;;;. The van der Waals surface area contributed by atoms with Crippen LogP contribution in [0.1, 0.15) is 81.1 Å². The van der Waals surface area contributed by atoms with Crippen LogP contribution in [0.3, 0.4) is 0 Å². The molecule has 7 atom stereocenters. The number of allylic oxidation sites excluding steroid dienone is 1. The molecule has 7 N–H and O–H groups in total. The zero-order valence-corrected chi connectivity index (χ0v) is 80.6. The Morgan fingerprint density at radius 1 is 0.536 bits per heavy atom. The lowest BCUT2D eigenvalue weighted by molar-refractivity contribution is -0.409. The van der Waals surface area contributed by atoms with E-state index in [0.29, 0.717) is 46.2 Å². The van der Waals surface area contributed by atoms with Crippen LogP contribution < -0.4 is 0 Å². The predicted molar refractivity (Wildman–Crippen MR) is 512 cm³/mol. The molecule has 12 radical (unpaired) electrons. The first-order chi connectivity index (χ1) is 49.7. The Kier molecular flexibility index (Phi) is 158. The summed E-state index contributed by atoms with van der Waals surface area (Å²) in [6, 6.07) is 0. The van der Waals surface area contributed by atoms with E-state index >= 15 is 0 Å². The van der Waals surface area contributed by atoms with Gasteiger partial charge in [0.15, 0.2) is 0 Å². The highest BCUT2D eigenvalue weighted by Crippen LogP contribution is 2.44. The number of carbonyl (C=O) groups is 1. The summed E-state index contributed by atoms with van der Waals surface area (Å²) < 4.78 is 279. The third-order valence-corrected chi connectivity index (χ3v) is 21.7. The molecule has 0 aromatic rings. The summed E-state index contributed by atoms with van der Waals surface area (Å²) in [5, 5.41) is 43.1. The number of rotatable bonds is 41. The average Bonchev–Trinajstić information content (AvgIpc) is 0.979. The van der Waals surface area contributed by atoms with Crippen molar-refractivity contribution in [3.05, 3.63) is 71.6 Å². The molecule has 0 saturated carbocycles. The summed E-state index contributed by atoms with van der Waals surface area (Å²) in [5.41, 5.74) is 2.70. The van der Waals surface area contributed by atoms with Gasteiger partial charge in [0.2, 0.25) is 23.3 Å². The molecule has 0 aromatic heterocycles. The van der Waals surface area contributed by atoms with Gasteiger partial charge in [0, 0.05) is 39.8 Å². The lowest BCUT2D eigenvalue weighted by Gasteiger charge is -2.15. The van der Waals surface area contributed by atoms with Crippen molar-refractivity contribution in [1.29, 1.82) is 0 Å². The van der Waals surface area contributed by atoms with E-state index in [9.17, 15) is 104 Å². The predicted octanol–water partition coefficient (Wildman–Crippen LogP) is 20.7. The zero-order chi connectivity index (χ0) is 89.6. The minimum atomic E-state index is -5.10. The first kappa shape index (κ1) is 157. The fourth-order valence-corrected chi connectivity index (χ4v) is 18.2. The van der Waals surface area contributed by atoms with Gasteiger partial charge in [-0.05, 0) is 61.5 Å². The number of hydrogen-bond acceptors (Lipinski definition) is 8. The minimum Gasteiger partial charge on any atom is -0.593 e. The Morgan fingerprint density at radius 2 is 0.839 bits per heavy atom. The maximum absolute atomic E-state index is 11.8. The number of carbonyl (C=O) groups excluding carboxylic acids is 4. The van der Waals surface area contributed by atoms with E-state index < -0.39 is 80.3 Å². The molecule has 0 aliphatic heterocycles. The fourth-order valence-electron chi connectivity index (χ4n) is 4.60. The highest BCUT2D eigenvalue weighted by atomic mass is 127. The first-order valence-corrected chi connectivity index (χ1v) is 55.5. The van der Waals surface area contributed by atoms with Crippen LogP contribution in [0.5, 0.6) is 0 Å². The van der Waals surface area contributed by atoms with Gasteiger partial charge in [-0.1, -0.05) is 209 Å². The Bertz CT molecular complexity index is 2030. The molecule has 0 amide bonds. The second-order valence-corrected chi connectivity index (χ2v) is 48.0. The molecular formula is C46H95B15F24I7O13P7+2. The topological polar surface area (TPSA) is 196 Å². The third-order valence-electron chi connectivity index (χ3n) is 8.35. The molecule has 13 nitrogen and oxygen atoms in total. The van der Waals surface area contributed by atoms with Crippen molar-refractivity contribution in [2.24, 2.45) is 0 Å². The van der Waals surface area contributed by atoms with Gasteiger partial charge >= 0.3 is 58.5 Å². The molecule has 0 heterocycles. The van der Waals surface area contributed by atoms with Gasteiger partial charge < -0.3 is 122 Å². The molecule has 0 aliphatic carbocycles. The minimum absolute atomic E-state index is 0. The van der Waals surface area contributed by atoms with E-state index in [2.05, 4.69) is 227 Å². The van der Waals surface area contributed by atoms with Crippen LogP contribution in [0.2, 0.25) is 0 Å². The quantitative estimate of drug-likeness (QED) is 0.00758. The Balaban J connectivity index is -0.0000000593. The molecule has 7 unspecified atom stereocenters. The maximum Gasteiger partial charge on any atom is 0.970 e. The Labute approximate surface area is 759 Å². The highest BCUT2D eigenvalue weighted by Gasteiger charge is 2.44. The number of aliphatic hydroxyl groups excluding tert-OH is 5. The van der Waals surface area contributed by atoms with E-state index in [0.717, 1.165) is 80.8 Å². The third kappa shape index (κ3) is 239. The molecule has 0 spiro atoms. The van der Waals surface area contributed by atoms with Crippen LogP contribution in [-0.4, -0.2) is 285 Å². The normalized spacial score (nSPS) is 11.8. The zero-order valence-electron chi connectivity index (χ0n) is 59.1. The summed E-state index contributed by atoms with van der Waals surface area (Å²) >= 11 is 15.1. The highest BCUT2D eigenvalue weighted by molar-refractivity contribution is 14.2. The molecular weight excluding hydrogens is 2480 g/mol. The van der Waals surface area contributed by atoms with Crippen molar-refractivity contribution < 1.29 is 166 Å². The Morgan fingerprint density at radius 3 is 1.06 bits per heavy atom. The van der Waals surface area contributed by atoms with Crippen LogP contribution in [-0.2, 0) is 27.3 Å². The first-order valence-electron chi connectivity index (χ1n) is 28.6. The van der Waals surface area contributed by atoms with Gasteiger partial charge in [-0.3, -0.25) is 43.3 Å². The van der Waals surface area contributed by atoms with Gasteiger partial charge in [-0.25, -0.2) is 0 Å².